The highest BCUT2D eigenvalue weighted by molar-refractivity contribution is 5.67. The van der Waals surface area contributed by atoms with Gasteiger partial charge in [-0.25, -0.2) is 9.78 Å². The smallest absolute Gasteiger partial charge is 0.374 e. The summed E-state index contributed by atoms with van der Waals surface area (Å²) >= 11 is 0. The second kappa shape index (κ2) is 6.25. The van der Waals surface area contributed by atoms with Crippen LogP contribution >= 0.6 is 0 Å². The van der Waals surface area contributed by atoms with Crippen LogP contribution in [0.25, 0.3) is 11.5 Å². The Hall–Kier alpha value is -1.76. The van der Waals surface area contributed by atoms with E-state index in [0.717, 1.165) is 11.3 Å². The van der Waals surface area contributed by atoms with Gasteiger partial charge in [0.25, 0.3) is 6.54 Å². The van der Waals surface area contributed by atoms with Crippen molar-refractivity contribution in [2.24, 2.45) is 0 Å². The third-order valence-electron chi connectivity index (χ3n) is 2.16. The van der Waals surface area contributed by atoms with E-state index in [1.165, 1.54) is 11.8 Å². The number of nitrogens with zero attached hydrogens (tertiary/aromatic N) is 3. The lowest BCUT2D eigenvalue weighted by atomic mass is 10.3. The highest BCUT2D eigenvalue weighted by atomic mass is 79.9. The molecule has 6 nitrogen and oxygen atoms in total. The molecule has 2 aromatic rings. The van der Waals surface area contributed by atoms with Gasteiger partial charge in [-0.05, 0) is 12.0 Å². The van der Waals surface area contributed by atoms with E-state index in [1.54, 1.807) is 24.7 Å². The molecule has 0 bridgehead atoms. The van der Waals surface area contributed by atoms with Crippen molar-refractivity contribution in [3.05, 3.63) is 30.4 Å². The number of hydrogen-bond donors (Lipinski definition) is 0. The Morgan fingerprint density at radius 3 is 2.83 bits per heavy atom. The standard InChI is InChI=1S/C11H12N3O3.BrH/c1-8-7-17-11(13-8)9-3-4-14(12-5-9)6-10(15)16-2;/h3-5,7H,6H2,1-2H3;1H/q+1;/p-1. The van der Waals surface area contributed by atoms with E-state index >= 15 is 0 Å². The van der Waals surface area contributed by atoms with Crippen LogP contribution in [0, 0.1) is 6.92 Å². The first-order valence-electron chi connectivity index (χ1n) is 5.04. The maximum Gasteiger partial charge on any atom is 0.374 e. The molecular formula is C11H12BrN3O3. The predicted molar refractivity (Wildman–Crippen MR) is 56.7 cm³/mol. The maximum absolute atomic E-state index is 11.0. The van der Waals surface area contributed by atoms with Gasteiger partial charge in [0.05, 0.1) is 18.4 Å². The van der Waals surface area contributed by atoms with Crippen molar-refractivity contribution in [3.8, 4) is 11.5 Å². The number of methoxy groups -OCH3 is 1. The zero-order valence-corrected chi connectivity index (χ0v) is 11.5. The van der Waals surface area contributed by atoms with Crippen LogP contribution in [0.1, 0.15) is 5.69 Å². The van der Waals surface area contributed by atoms with Crippen molar-refractivity contribution in [3.63, 3.8) is 0 Å². The van der Waals surface area contributed by atoms with Crippen LogP contribution in [0.2, 0.25) is 0 Å². The zero-order valence-electron chi connectivity index (χ0n) is 9.96. The van der Waals surface area contributed by atoms with Crippen LogP contribution in [0.4, 0.5) is 0 Å². The number of carbonyl (C=O) groups excluding carboxylic acids is 1. The molecule has 0 aliphatic heterocycles. The molecule has 0 saturated carbocycles. The molecule has 0 aliphatic carbocycles. The number of aromatic nitrogens is 3. The number of ether oxygens (including phenoxy) is 1. The lowest BCUT2D eigenvalue weighted by Crippen LogP contribution is -3.00. The first-order valence-corrected chi connectivity index (χ1v) is 5.04. The normalized spacial score (nSPS) is 9.67. The average Bonchev–Trinajstić information content (AvgIpc) is 2.77. The van der Waals surface area contributed by atoms with Crippen molar-refractivity contribution in [2.75, 3.05) is 7.11 Å². The van der Waals surface area contributed by atoms with Crippen LogP contribution in [0.15, 0.2) is 29.1 Å². The molecule has 0 N–H and O–H groups in total. The highest BCUT2D eigenvalue weighted by Crippen LogP contribution is 2.15. The van der Waals surface area contributed by atoms with Gasteiger partial charge < -0.3 is 26.1 Å². The molecule has 0 saturated heterocycles. The second-order valence-electron chi connectivity index (χ2n) is 3.48. The Kier molecular flexibility index (Phi) is 4.96. The van der Waals surface area contributed by atoms with Crippen LogP contribution in [0.5, 0.6) is 0 Å². The molecule has 0 atom stereocenters. The minimum absolute atomic E-state index is 0. The summed E-state index contributed by atoms with van der Waals surface area (Å²) in [7, 11) is 1.34. The van der Waals surface area contributed by atoms with E-state index in [0.29, 0.717) is 5.89 Å². The average molecular weight is 314 g/mol. The summed E-state index contributed by atoms with van der Waals surface area (Å²) in [4.78, 5) is 15.2. The number of aryl methyl sites for hydroxylation is 1. The molecule has 18 heavy (non-hydrogen) atoms. The fraction of sp³-hybridized carbons (Fsp3) is 0.273. The Morgan fingerprint density at radius 2 is 2.33 bits per heavy atom. The summed E-state index contributed by atoms with van der Waals surface area (Å²) in [6, 6.07) is 1.78. The largest absolute Gasteiger partial charge is 1.00 e. The molecule has 0 aliphatic rings. The number of carbonyl (C=O) groups is 1. The summed E-state index contributed by atoms with van der Waals surface area (Å²) in [5.41, 5.74) is 1.57. The number of hydrogen-bond acceptors (Lipinski definition) is 5. The summed E-state index contributed by atoms with van der Waals surface area (Å²) in [6.45, 7) is 1.93. The fourth-order valence-corrected chi connectivity index (χ4v) is 1.29. The van der Waals surface area contributed by atoms with Gasteiger partial charge in [0, 0.05) is 6.07 Å². The van der Waals surface area contributed by atoms with Crippen molar-refractivity contribution < 1.29 is 35.6 Å². The summed E-state index contributed by atoms with van der Waals surface area (Å²) in [6.07, 6.45) is 4.84. The molecule has 0 radical (unpaired) electrons. The van der Waals surface area contributed by atoms with Gasteiger partial charge in [0.15, 0.2) is 6.20 Å². The Bertz CT molecular complexity index is 525. The van der Waals surface area contributed by atoms with E-state index < -0.39 is 0 Å². The Morgan fingerprint density at radius 1 is 1.56 bits per heavy atom. The third kappa shape index (κ3) is 3.36. The van der Waals surface area contributed by atoms with E-state index in [9.17, 15) is 4.79 Å². The van der Waals surface area contributed by atoms with Crippen LogP contribution in [-0.4, -0.2) is 23.2 Å². The lowest BCUT2D eigenvalue weighted by molar-refractivity contribution is -0.743. The van der Waals surface area contributed by atoms with E-state index in [4.69, 9.17) is 4.42 Å². The molecular weight excluding hydrogens is 302 g/mol. The molecule has 0 aromatic carbocycles. The minimum Gasteiger partial charge on any atom is -1.00 e. The first-order chi connectivity index (χ1) is 8.19. The van der Waals surface area contributed by atoms with Gasteiger partial charge in [-0.15, -0.1) is 0 Å². The molecule has 2 heterocycles. The summed E-state index contributed by atoms with van der Waals surface area (Å²) in [5.74, 6) is 0.169. The SMILES string of the molecule is COC(=O)C[n+]1ccc(-c2nc(C)co2)cn1.[Br-]. The summed E-state index contributed by atoms with van der Waals surface area (Å²) in [5, 5.41) is 4.07. The summed E-state index contributed by atoms with van der Waals surface area (Å²) < 4.78 is 11.3. The van der Waals surface area contributed by atoms with Gasteiger partial charge in [-0.2, -0.15) is 0 Å². The molecule has 7 heteroatoms. The van der Waals surface area contributed by atoms with Crippen LogP contribution in [0.3, 0.4) is 0 Å². The second-order valence-corrected chi connectivity index (χ2v) is 3.48. The third-order valence-corrected chi connectivity index (χ3v) is 2.16. The number of esters is 1. The zero-order chi connectivity index (χ0) is 12.3. The Balaban J connectivity index is 0.00000162. The van der Waals surface area contributed by atoms with Gasteiger partial charge in [-0.1, -0.05) is 4.68 Å². The maximum atomic E-state index is 11.0. The monoisotopic (exact) mass is 313 g/mol. The van der Waals surface area contributed by atoms with Crippen molar-refractivity contribution in [1.82, 2.24) is 10.1 Å². The number of halogens is 1. The van der Waals surface area contributed by atoms with Crippen molar-refractivity contribution in [1.29, 1.82) is 0 Å². The van der Waals surface area contributed by atoms with Gasteiger partial charge in [0.1, 0.15) is 12.5 Å². The van der Waals surface area contributed by atoms with Gasteiger partial charge in [0.2, 0.25) is 5.89 Å². The van der Waals surface area contributed by atoms with Crippen molar-refractivity contribution in [2.45, 2.75) is 13.5 Å². The molecule has 2 rings (SSSR count). The van der Waals surface area contributed by atoms with Gasteiger partial charge >= 0.3 is 5.97 Å². The number of oxazole rings is 1. The predicted octanol–water partition coefficient (Wildman–Crippen LogP) is -2.49. The highest BCUT2D eigenvalue weighted by Gasteiger charge is 2.12. The molecule has 0 fully saturated rings. The minimum atomic E-state index is -0.345. The van der Waals surface area contributed by atoms with E-state index in [1.807, 2.05) is 6.92 Å². The Labute approximate surface area is 114 Å². The van der Waals surface area contributed by atoms with Gasteiger partial charge in [-0.3, -0.25) is 0 Å². The molecule has 2 aromatic heterocycles. The fourth-order valence-electron chi connectivity index (χ4n) is 1.29. The molecule has 96 valence electrons. The van der Waals surface area contributed by atoms with Crippen LogP contribution in [-0.2, 0) is 16.1 Å². The molecule has 0 amide bonds. The van der Waals surface area contributed by atoms with Crippen molar-refractivity contribution >= 4 is 5.97 Å². The topological polar surface area (TPSA) is 69.1 Å². The molecule has 0 spiro atoms. The first kappa shape index (κ1) is 14.3. The molecule has 0 unspecified atom stereocenters. The number of rotatable bonds is 3. The van der Waals surface area contributed by atoms with E-state index in [2.05, 4.69) is 14.8 Å². The van der Waals surface area contributed by atoms with E-state index in [-0.39, 0.29) is 29.5 Å². The quantitative estimate of drug-likeness (QED) is 0.463. The van der Waals surface area contributed by atoms with Crippen LogP contribution < -0.4 is 21.7 Å². The lowest BCUT2D eigenvalue weighted by Gasteiger charge is -1.94.